The molecule has 4 N–H and O–H groups in total. The van der Waals surface area contributed by atoms with Gasteiger partial charge in [-0.1, -0.05) is 0 Å². The lowest BCUT2D eigenvalue weighted by molar-refractivity contribution is 0.145. The molecule has 1 heterocycles. The molecule has 0 saturated carbocycles. The molecule has 1 atom stereocenters. The number of nitrogens with zero attached hydrogens (tertiary/aromatic N) is 1. The lowest BCUT2D eigenvalue weighted by Gasteiger charge is -2.34. The van der Waals surface area contributed by atoms with Crippen molar-refractivity contribution < 1.29 is 13.9 Å². The summed E-state index contributed by atoms with van der Waals surface area (Å²) >= 11 is 0. The van der Waals surface area contributed by atoms with Crippen LogP contribution in [0.3, 0.4) is 0 Å². The third kappa shape index (κ3) is 2.54. The molecule has 0 bridgehead atoms. The standard InChI is InChI=1S/C12H17F2N3O/c13-7-11(17-3-1-16-2-4-17)9-5-8(14)6-10(15)12(9)18/h5-6,11,16,18H,1-4,7,15H2/t11-/m1/s1. The molecule has 1 aromatic rings. The number of anilines is 1. The van der Waals surface area contributed by atoms with E-state index in [4.69, 9.17) is 5.73 Å². The third-order valence-electron chi connectivity index (χ3n) is 3.23. The third-order valence-corrected chi connectivity index (χ3v) is 3.23. The van der Waals surface area contributed by atoms with Crippen molar-refractivity contribution >= 4 is 5.69 Å². The van der Waals surface area contributed by atoms with E-state index in [-0.39, 0.29) is 17.0 Å². The molecular weight excluding hydrogens is 240 g/mol. The summed E-state index contributed by atoms with van der Waals surface area (Å²) in [7, 11) is 0. The summed E-state index contributed by atoms with van der Waals surface area (Å²) in [6, 6.07) is 1.54. The van der Waals surface area contributed by atoms with Gasteiger partial charge in [0.25, 0.3) is 0 Å². The van der Waals surface area contributed by atoms with Crippen LogP contribution in [0.25, 0.3) is 0 Å². The summed E-state index contributed by atoms with van der Waals surface area (Å²) < 4.78 is 26.6. The molecule has 1 aromatic carbocycles. The number of nitrogens with two attached hydrogens (primary N) is 1. The smallest absolute Gasteiger partial charge is 0.143 e. The number of piperazine rings is 1. The van der Waals surface area contributed by atoms with Gasteiger partial charge in [-0.25, -0.2) is 8.78 Å². The minimum absolute atomic E-state index is 0.0569. The quantitative estimate of drug-likeness (QED) is 0.559. The monoisotopic (exact) mass is 257 g/mol. The van der Waals surface area contributed by atoms with Crippen LogP contribution in [0, 0.1) is 5.82 Å². The van der Waals surface area contributed by atoms with Gasteiger partial charge in [0, 0.05) is 37.8 Å². The highest BCUT2D eigenvalue weighted by Crippen LogP contribution is 2.34. The Morgan fingerprint density at radius 3 is 2.67 bits per heavy atom. The molecule has 1 saturated heterocycles. The number of nitrogen functional groups attached to an aromatic ring is 1. The molecule has 0 unspecified atom stereocenters. The highest BCUT2D eigenvalue weighted by atomic mass is 19.1. The van der Waals surface area contributed by atoms with Crippen LogP contribution in [-0.2, 0) is 0 Å². The fraction of sp³-hybridized carbons (Fsp3) is 0.500. The highest BCUT2D eigenvalue weighted by molar-refractivity contribution is 5.57. The van der Waals surface area contributed by atoms with E-state index in [1.54, 1.807) is 0 Å². The Hall–Kier alpha value is -1.40. The van der Waals surface area contributed by atoms with E-state index >= 15 is 0 Å². The van der Waals surface area contributed by atoms with Crippen LogP contribution in [0.15, 0.2) is 12.1 Å². The van der Waals surface area contributed by atoms with Crippen LogP contribution in [0.1, 0.15) is 11.6 Å². The summed E-state index contributed by atoms with van der Waals surface area (Å²) in [4.78, 5) is 1.88. The summed E-state index contributed by atoms with van der Waals surface area (Å²) in [6.07, 6.45) is 0. The Morgan fingerprint density at radius 1 is 1.39 bits per heavy atom. The Kier molecular flexibility index (Phi) is 3.98. The molecule has 18 heavy (non-hydrogen) atoms. The SMILES string of the molecule is Nc1cc(F)cc([C@@H](CF)N2CCNCC2)c1O. The van der Waals surface area contributed by atoms with Crippen molar-refractivity contribution in [1.29, 1.82) is 0 Å². The maximum Gasteiger partial charge on any atom is 0.143 e. The summed E-state index contributed by atoms with van der Waals surface area (Å²) in [6.45, 7) is 2.13. The van der Waals surface area contributed by atoms with Crippen LogP contribution < -0.4 is 11.1 Å². The molecule has 0 radical (unpaired) electrons. The maximum atomic E-state index is 13.3. The lowest BCUT2D eigenvalue weighted by atomic mass is 10.0. The first-order chi connectivity index (χ1) is 8.63. The number of phenolic OH excluding ortho intramolecular Hbond substituents is 1. The van der Waals surface area contributed by atoms with Crippen molar-refractivity contribution in [3.63, 3.8) is 0 Å². The van der Waals surface area contributed by atoms with E-state index in [0.717, 1.165) is 25.2 Å². The Labute approximate surface area is 104 Å². The van der Waals surface area contributed by atoms with E-state index in [1.807, 2.05) is 4.90 Å². The fourth-order valence-electron chi connectivity index (χ4n) is 2.27. The topological polar surface area (TPSA) is 61.5 Å². The summed E-state index contributed by atoms with van der Waals surface area (Å²) in [5.74, 6) is -0.786. The van der Waals surface area contributed by atoms with Gasteiger partial charge in [0.1, 0.15) is 18.2 Å². The molecule has 0 amide bonds. The normalized spacial score (nSPS) is 18.8. The zero-order valence-corrected chi connectivity index (χ0v) is 10.00. The van der Waals surface area contributed by atoms with Crippen molar-refractivity contribution in [2.24, 2.45) is 0 Å². The summed E-state index contributed by atoms with van der Waals surface area (Å²) in [5.41, 5.74) is 5.66. The van der Waals surface area contributed by atoms with Gasteiger partial charge < -0.3 is 16.2 Å². The van der Waals surface area contributed by atoms with Crippen molar-refractivity contribution in [2.45, 2.75) is 6.04 Å². The van der Waals surface area contributed by atoms with Gasteiger partial charge in [0.05, 0.1) is 11.7 Å². The maximum absolute atomic E-state index is 13.3. The molecule has 1 aliphatic rings. The molecular formula is C12H17F2N3O. The first-order valence-corrected chi connectivity index (χ1v) is 5.92. The van der Waals surface area contributed by atoms with Gasteiger partial charge in [-0.05, 0) is 6.07 Å². The second-order valence-electron chi connectivity index (χ2n) is 4.39. The Morgan fingerprint density at radius 2 is 2.06 bits per heavy atom. The first-order valence-electron chi connectivity index (χ1n) is 5.92. The van der Waals surface area contributed by atoms with Crippen LogP contribution in [0.4, 0.5) is 14.5 Å². The number of benzene rings is 1. The lowest BCUT2D eigenvalue weighted by Crippen LogP contribution is -2.45. The summed E-state index contributed by atoms with van der Waals surface area (Å²) in [5, 5.41) is 13.0. The Bertz CT molecular complexity index is 422. The molecule has 0 spiro atoms. The minimum atomic E-state index is -0.684. The molecule has 4 nitrogen and oxygen atoms in total. The van der Waals surface area contributed by atoms with Gasteiger partial charge in [0.15, 0.2) is 0 Å². The first kappa shape index (κ1) is 13.0. The van der Waals surface area contributed by atoms with E-state index < -0.39 is 18.5 Å². The number of alkyl halides is 1. The van der Waals surface area contributed by atoms with Crippen LogP contribution in [0.5, 0.6) is 5.75 Å². The molecule has 1 aliphatic heterocycles. The van der Waals surface area contributed by atoms with Crippen molar-refractivity contribution in [3.8, 4) is 5.75 Å². The zero-order chi connectivity index (χ0) is 13.1. The van der Waals surface area contributed by atoms with Gasteiger partial charge in [0.2, 0.25) is 0 Å². The number of hydrogen-bond donors (Lipinski definition) is 3. The second-order valence-corrected chi connectivity index (χ2v) is 4.39. The van der Waals surface area contributed by atoms with Crippen molar-refractivity contribution in [1.82, 2.24) is 10.2 Å². The van der Waals surface area contributed by atoms with E-state index in [0.29, 0.717) is 13.1 Å². The predicted molar refractivity (Wildman–Crippen MR) is 65.6 cm³/mol. The van der Waals surface area contributed by atoms with Gasteiger partial charge in [-0.2, -0.15) is 0 Å². The van der Waals surface area contributed by atoms with Crippen LogP contribution in [-0.4, -0.2) is 42.9 Å². The van der Waals surface area contributed by atoms with Crippen molar-refractivity contribution in [3.05, 3.63) is 23.5 Å². The highest BCUT2D eigenvalue weighted by Gasteiger charge is 2.25. The van der Waals surface area contributed by atoms with Crippen molar-refractivity contribution in [2.75, 3.05) is 38.6 Å². The van der Waals surface area contributed by atoms with E-state index in [9.17, 15) is 13.9 Å². The van der Waals surface area contributed by atoms with Crippen LogP contribution >= 0.6 is 0 Å². The Balaban J connectivity index is 2.31. The number of phenols is 1. The van der Waals surface area contributed by atoms with Gasteiger partial charge in [-0.3, -0.25) is 4.90 Å². The molecule has 2 rings (SSSR count). The average molecular weight is 257 g/mol. The molecule has 6 heteroatoms. The molecule has 1 fully saturated rings. The van der Waals surface area contributed by atoms with E-state index in [1.165, 1.54) is 0 Å². The number of rotatable bonds is 3. The van der Waals surface area contributed by atoms with E-state index in [2.05, 4.69) is 5.32 Å². The number of nitrogens with one attached hydrogen (secondary N) is 1. The van der Waals surface area contributed by atoms with Crippen LogP contribution in [0.2, 0.25) is 0 Å². The molecule has 0 aliphatic carbocycles. The largest absolute Gasteiger partial charge is 0.505 e. The number of halogens is 2. The molecule has 100 valence electrons. The number of hydrogen-bond acceptors (Lipinski definition) is 4. The second kappa shape index (κ2) is 5.49. The molecule has 0 aromatic heterocycles. The predicted octanol–water partition coefficient (Wildman–Crippen LogP) is 1.03. The van der Waals surface area contributed by atoms with Gasteiger partial charge >= 0.3 is 0 Å². The minimum Gasteiger partial charge on any atom is -0.505 e. The van der Waals surface area contributed by atoms with Gasteiger partial charge in [-0.15, -0.1) is 0 Å². The number of aromatic hydroxyl groups is 1. The fourth-order valence-corrected chi connectivity index (χ4v) is 2.27. The zero-order valence-electron chi connectivity index (χ0n) is 10.00. The average Bonchev–Trinajstić information content (AvgIpc) is 2.37.